The number of nitrogens with two attached hydrogens (primary N) is 1. The van der Waals surface area contributed by atoms with E-state index < -0.39 is 56.5 Å². The number of likely N-dealkylation sites (N-methyl/N-ethyl adjacent to an activating group) is 1. The molecule has 0 rings (SSSR count). The number of quaternary nitrogens is 1. The normalized spacial score (nSPS) is 13.1. The first-order chi connectivity index (χ1) is 16.9. The van der Waals surface area contributed by atoms with Crippen LogP contribution in [0.3, 0.4) is 0 Å². The van der Waals surface area contributed by atoms with Crippen molar-refractivity contribution in [2.75, 3.05) is 52.8 Å². The van der Waals surface area contributed by atoms with Gasteiger partial charge in [-0.2, -0.15) is 12.6 Å². The molecule has 0 aliphatic heterocycles. The number of nitrogens with zero attached hydrogens (tertiary/aromatic N) is 1. The predicted octanol–water partition coefficient (Wildman–Crippen LogP) is -1.48. The second kappa shape index (κ2) is 18.6. The number of carbonyl (C=O) groups is 6. The third kappa shape index (κ3) is 20.2. The molecule has 14 nitrogen and oxygen atoms in total. The van der Waals surface area contributed by atoms with Gasteiger partial charge in [-0.25, -0.2) is 4.79 Å². The highest BCUT2D eigenvalue weighted by molar-refractivity contribution is 7.80. The third-order valence-electron chi connectivity index (χ3n) is 4.03. The number of rotatable bonds is 16. The quantitative estimate of drug-likeness (QED) is 0.0373. The molecule has 0 bridgehead atoms. The van der Waals surface area contributed by atoms with Gasteiger partial charge in [-0.05, 0) is 13.3 Å². The fourth-order valence-corrected chi connectivity index (χ4v) is 3.47. The molecule has 0 aromatic rings. The number of hydrogen-bond donors (Lipinski definition) is 7. The minimum Gasteiger partial charge on any atom is -0.480 e. The van der Waals surface area contributed by atoms with E-state index in [0.717, 1.165) is 0 Å². The van der Waals surface area contributed by atoms with Crippen molar-refractivity contribution in [3.63, 3.8) is 0 Å². The van der Waals surface area contributed by atoms with E-state index in [-0.39, 0.29) is 43.4 Å². The minimum atomic E-state index is -1.72. The molecular formula is C21H38N4O10PS+. The number of hydrogen-bond acceptors (Lipinski definition) is 10. The maximum absolute atomic E-state index is 11.6. The number of carboxylic acid groups (broad SMARTS) is 2. The van der Waals surface area contributed by atoms with Crippen LogP contribution in [0.5, 0.6) is 0 Å². The molecule has 0 aliphatic rings. The average molecular weight is 570 g/mol. The van der Waals surface area contributed by atoms with Gasteiger partial charge in [0, 0.05) is 23.9 Å². The Morgan fingerprint density at radius 2 is 1.70 bits per heavy atom. The predicted molar refractivity (Wildman–Crippen MR) is 139 cm³/mol. The van der Waals surface area contributed by atoms with E-state index in [2.05, 4.69) is 29.8 Å². The highest BCUT2D eigenvalue weighted by atomic mass is 32.1. The van der Waals surface area contributed by atoms with E-state index >= 15 is 0 Å². The molecule has 2 amide bonds. The van der Waals surface area contributed by atoms with E-state index in [0.29, 0.717) is 10.1 Å². The molecule has 16 heteroatoms. The summed E-state index contributed by atoms with van der Waals surface area (Å²) in [5, 5.41) is 21.4. The van der Waals surface area contributed by atoms with Gasteiger partial charge >= 0.3 is 17.9 Å². The molecule has 3 unspecified atom stereocenters. The number of thiol groups is 1. The van der Waals surface area contributed by atoms with Crippen LogP contribution in [0.4, 0.5) is 0 Å². The van der Waals surface area contributed by atoms with Crippen LogP contribution in [0, 0.1) is 0 Å². The van der Waals surface area contributed by atoms with Gasteiger partial charge in [-0.3, -0.25) is 24.0 Å². The van der Waals surface area contributed by atoms with Gasteiger partial charge < -0.3 is 40.7 Å². The molecule has 0 spiro atoms. The van der Waals surface area contributed by atoms with Crippen molar-refractivity contribution < 1.29 is 53.1 Å². The van der Waals surface area contributed by atoms with Crippen LogP contribution >= 0.6 is 20.8 Å². The summed E-state index contributed by atoms with van der Waals surface area (Å²) < 4.78 is 5.29. The van der Waals surface area contributed by atoms with Crippen LogP contribution in [-0.4, -0.2) is 120 Å². The van der Waals surface area contributed by atoms with Crippen LogP contribution in [0.2, 0.25) is 0 Å². The number of carboxylic acids is 2. The molecule has 0 aromatic heterocycles. The standard InChI is InChI=1S/C11H21NO4P.C10H17N3O6S/c1-9(2)11(14)16-6-7-17(15)10(13)8-12(3,4)5;11-5(10(18)19)1-2-7(14)13-6(4-20)9(17)12-3-8(15)16/h15H,1,6-8H2,2-5H3;5-6,20H,1-4,11H2,(H,12,17)(H,13,14)(H,15,16)(H,18,19)/q+1;. The number of esters is 1. The first-order valence-corrected chi connectivity index (χ1v) is 13.0. The number of carbonyl (C=O) groups excluding carboxylic acids is 4. The minimum absolute atomic E-state index is 0.0256. The summed E-state index contributed by atoms with van der Waals surface area (Å²) in [7, 11) is 3.91. The third-order valence-corrected chi connectivity index (χ3v) is 5.72. The highest BCUT2D eigenvalue weighted by Gasteiger charge is 2.23. The zero-order chi connectivity index (χ0) is 29.3. The maximum Gasteiger partial charge on any atom is 0.333 e. The fourth-order valence-electron chi connectivity index (χ4n) is 2.12. The molecule has 0 saturated carbocycles. The van der Waals surface area contributed by atoms with Crippen molar-refractivity contribution >= 4 is 56.0 Å². The van der Waals surface area contributed by atoms with Crippen LogP contribution in [-0.2, 0) is 33.5 Å². The highest BCUT2D eigenvalue weighted by Crippen LogP contribution is 2.31. The molecule has 3 atom stereocenters. The van der Waals surface area contributed by atoms with Gasteiger partial charge in [-0.1, -0.05) is 6.58 Å². The second-order valence-corrected chi connectivity index (χ2v) is 10.9. The molecule has 0 aliphatic carbocycles. The Bertz CT molecular complexity index is 835. The summed E-state index contributed by atoms with van der Waals surface area (Å²) >= 11 is 3.87. The van der Waals surface area contributed by atoms with Crippen molar-refractivity contribution in [1.29, 1.82) is 0 Å². The average Bonchev–Trinajstić information content (AvgIpc) is 2.78. The zero-order valence-electron chi connectivity index (χ0n) is 21.4. The molecule has 0 heterocycles. The largest absolute Gasteiger partial charge is 0.480 e. The lowest BCUT2D eigenvalue weighted by molar-refractivity contribution is -0.861. The van der Waals surface area contributed by atoms with Crippen LogP contribution in [0.25, 0.3) is 0 Å². The lowest BCUT2D eigenvalue weighted by Crippen LogP contribution is -2.49. The van der Waals surface area contributed by atoms with Crippen LogP contribution in [0.15, 0.2) is 12.2 Å². The first-order valence-electron chi connectivity index (χ1n) is 10.9. The summed E-state index contributed by atoms with van der Waals surface area (Å²) in [6.45, 7) is 4.74. The number of aliphatic carboxylic acids is 2. The number of nitrogens with one attached hydrogen (secondary N) is 2. The molecule has 0 fully saturated rings. The SMILES string of the molecule is C=C(C)C(=O)OCCP(O)C(=O)C[N+](C)(C)C.NC(CCC(=O)NC(CS)C(=O)NCC(=O)O)C(=O)O. The molecule has 0 saturated heterocycles. The Balaban J connectivity index is 0. The van der Waals surface area contributed by atoms with E-state index in [4.69, 9.17) is 20.7 Å². The first kappa shape index (κ1) is 36.6. The lowest BCUT2D eigenvalue weighted by atomic mass is 10.1. The molecule has 0 aromatic carbocycles. The van der Waals surface area contributed by atoms with Gasteiger partial charge in [0.15, 0.2) is 0 Å². The van der Waals surface area contributed by atoms with Gasteiger partial charge in [-0.15, -0.1) is 0 Å². The Morgan fingerprint density at radius 3 is 2.14 bits per heavy atom. The molecule has 7 N–H and O–H groups in total. The molecular weight excluding hydrogens is 531 g/mol. The topological polar surface area (TPSA) is 222 Å². The Hall–Kier alpha value is -2.58. The summed E-state index contributed by atoms with van der Waals surface area (Å²) in [5.74, 6) is -4.20. The number of ether oxygens (including phenoxy) is 1. The van der Waals surface area contributed by atoms with E-state index in [1.807, 2.05) is 21.1 Å². The Kier molecular flexibility index (Phi) is 18.4. The molecule has 212 valence electrons. The number of amides is 2. The van der Waals surface area contributed by atoms with E-state index in [1.54, 1.807) is 6.92 Å². The summed E-state index contributed by atoms with van der Waals surface area (Å²) in [4.78, 5) is 76.0. The van der Waals surface area contributed by atoms with Gasteiger partial charge in [0.25, 0.3) is 0 Å². The van der Waals surface area contributed by atoms with Crippen molar-refractivity contribution in [3.05, 3.63) is 12.2 Å². The van der Waals surface area contributed by atoms with Crippen molar-refractivity contribution in [3.8, 4) is 0 Å². The van der Waals surface area contributed by atoms with Crippen molar-refractivity contribution in [1.82, 2.24) is 10.6 Å². The van der Waals surface area contributed by atoms with E-state index in [9.17, 15) is 33.7 Å². The maximum atomic E-state index is 11.6. The van der Waals surface area contributed by atoms with Gasteiger partial charge in [0.2, 0.25) is 17.3 Å². The Morgan fingerprint density at radius 1 is 1.14 bits per heavy atom. The van der Waals surface area contributed by atoms with E-state index in [1.165, 1.54) is 0 Å². The van der Waals surface area contributed by atoms with Crippen molar-refractivity contribution in [2.45, 2.75) is 31.8 Å². The van der Waals surface area contributed by atoms with Gasteiger partial charge in [0.1, 0.15) is 33.3 Å². The fraction of sp³-hybridized carbons (Fsp3) is 0.619. The summed E-state index contributed by atoms with van der Waals surface area (Å²) in [5.41, 5.74) is 5.36. The molecule has 37 heavy (non-hydrogen) atoms. The second-order valence-electron chi connectivity index (χ2n) is 8.78. The van der Waals surface area contributed by atoms with Crippen LogP contribution in [0.1, 0.15) is 19.8 Å². The van der Waals surface area contributed by atoms with Gasteiger partial charge in [0.05, 0.1) is 27.7 Å². The van der Waals surface area contributed by atoms with Crippen LogP contribution < -0.4 is 16.4 Å². The monoisotopic (exact) mass is 569 g/mol. The summed E-state index contributed by atoms with van der Waals surface area (Å²) in [6, 6.07) is -2.15. The Labute approximate surface area is 222 Å². The summed E-state index contributed by atoms with van der Waals surface area (Å²) in [6.07, 6.45) is -0.0473. The van der Waals surface area contributed by atoms with Crippen molar-refractivity contribution in [2.24, 2.45) is 5.73 Å². The lowest BCUT2D eigenvalue weighted by Gasteiger charge is -2.23. The smallest absolute Gasteiger partial charge is 0.333 e. The molecule has 0 radical (unpaired) electrons. The zero-order valence-corrected chi connectivity index (χ0v) is 23.2.